The van der Waals surface area contributed by atoms with E-state index in [4.69, 9.17) is 15.6 Å². The van der Waals surface area contributed by atoms with E-state index >= 15 is 0 Å². The number of amides is 4. The molecule has 15 nitrogen and oxygen atoms in total. The highest BCUT2D eigenvalue weighted by Gasteiger charge is 2.38. The van der Waals surface area contributed by atoms with Crippen molar-refractivity contribution in [2.75, 3.05) is 6.54 Å². The highest BCUT2D eigenvalue weighted by atomic mass is 19.4. The van der Waals surface area contributed by atoms with Gasteiger partial charge in [0.15, 0.2) is 5.96 Å². The van der Waals surface area contributed by atoms with Gasteiger partial charge in [0, 0.05) is 26.3 Å². The Morgan fingerprint density at radius 2 is 1.46 bits per heavy atom. The lowest BCUT2D eigenvalue weighted by molar-refractivity contribution is -0.192. The summed E-state index contributed by atoms with van der Waals surface area (Å²) in [6.45, 7) is 0.584. The predicted molar refractivity (Wildman–Crippen MR) is 182 cm³/mol. The molecule has 1 aromatic heterocycles. The number of rotatable bonds is 13. The van der Waals surface area contributed by atoms with E-state index in [1.165, 1.54) is 16.8 Å². The van der Waals surface area contributed by atoms with E-state index in [0.29, 0.717) is 12.1 Å². The lowest BCUT2D eigenvalue weighted by atomic mass is 9.90. The molecule has 0 bridgehead atoms. The number of alkyl halides is 3. The van der Waals surface area contributed by atoms with Gasteiger partial charge in [0.05, 0.1) is 12.5 Å². The number of halogens is 3. The first-order valence-electron chi connectivity index (χ1n) is 15.7. The summed E-state index contributed by atoms with van der Waals surface area (Å²) in [5.74, 6) is -4.03. The zero-order valence-electron chi connectivity index (χ0n) is 27.9. The maximum absolute atomic E-state index is 13.8. The fourth-order valence-electron chi connectivity index (χ4n) is 4.58. The topological polar surface area (TPSA) is 226 Å². The third-order valence-corrected chi connectivity index (χ3v) is 7.06. The van der Waals surface area contributed by atoms with Crippen LogP contribution in [-0.2, 0) is 34.5 Å². The van der Waals surface area contributed by atoms with Gasteiger partial charge in [-0.3, -0.25) is 24.6 Å². The van der Waals surface area contributed by atoms with Crippen LogP contribution < -0.4 is 27.0 Å². The number of benzene rings is 3. The molecule has 3 aromatic carbocycles. The number of carboxylic acid groups (broad SMARTS) is 1. The van der Waals surface area contributed by atoms with Gasteiger partial charge in [-0.1, -0.05) is 78.0 Å². The molecule has 18 heteroatoms. The van der Waals surface area contributed by atoms with Crippen LogP contribution in [0, 0.1) is 0 Å². The Morgan fingerprint density at radius 1 is 0.885 bits per heavy atom. The number of urea groups is 1. The molecule has 4 amide bonds. The molecule has 276 valence electrons. The number of aryl methyl sites for hydroxylation is 1. The van der Waals surface area contributed by atoms with E-state index < -0.39 is 30.1 Å². The van der Waals surface area contributed by atoms with Crippen molar-refractivity contribution >= 4 is 29.8 Å². The minimum atomic E-state index is -5.08. The third kappa shape index (κ3) is 13.8. The Bertz CT molecular complexity index is 1750. The summed E-state index contributed by atoms with van der Waals surface area (Å²) in [5, 5.41) is 35.3. The average Bonchev–Trinajstić information content (AvgIpc) is 3.54. The first-order chi connectivity index (χ1) is 24.7. The van der Waals surface area contributed by atoms with Crippen LogP contribution in [0.3, 0.4) is 0 Å². The van der Waals surface area contributed by atoms with E-state index in [9.17, 15) is 32.7 Å². The summed E-state index contributed by atoms with van der Waals surface area (Å²) in [6, 6.07) is 23.8. The van der Waals surface area contributed by atoms with Crippen molar-refractivity contribution in [2.45, 2.75) is 44.1 Å². The highest BCUT2D eigenvalue weighted by Crippen LogP contribution is 2.25. The first-order valence-corrected chi connectivity index (χ1v) is 15.7. The second kappa shape index (κ2) is 19.7. The number of nitrogens with zero attached hydrogens (tertiary/aromatic N) is 4. The number of guanidine groups is 1. The van der Waals surface area contributed by atoms with Crippen LogP contribution in [0.15, 0.2) is 96.1 Å². The molecule has 0 radical (unpaired) electrons. The number of nitrogens with two attached hydrogens (primary N) is 1. The van der Waals surface area contributed by atoms with Gasteiger partial charge in [0.1, 0.15) is 17.5 Å². The van der Waals surface area contributed by atoms with E-state index in [0.717, 1.165) is 16.7 Å². The van der Waals surface area contributed by atoms with Gasteiger partial charge in [0.25, 0.3) is 0 Å². The van der Waals surface area contributed by atoms with Crippen LogP contribution in [0.5, 0.6) is 5.75 Å². The molecule has 0 saturated carbocycles. The predicted octanol–water partition coefficient (Wildman–Crippen LogP) is 2.68. The Hall–Kier alpha value is -6.46. The molecule has 1 atom stereocenters. The number of nitrogens with one attached hydrogen (secondary N) is 4. The molecule has 0 fully saturated rings. The van der Waals surface area contributed by atoms with E-state index in [1.807, 2.05) is 60.7 Å². The van der Waals surface area contributed by atoms with Crippen molar-refractivity contribution in [3.8, 4) is 5.75 Å². The monoisotopic (exact) mass is 725 g/mol. The molecule has 0 aliphatic rings. The highest BCUT2D eigenvalue weighted by molar-refractivity contribution is 5.95. The first kappa shape index (κ1) is 40.0. The van der Waals surface area contributed by atoms with Crippen LogP contribution in [0.25, 0.3) is 0 Å². The lowest BCUT2D eigenvalue weighted by Crippen LogP contribution is -2.48. The van der Waals surface area contributed by atoms with Gasteiger partial charge >= 0.3 is 18.2 Å². The molecule has 4 aromatic rings. The van der Waals surface area contributed by atoms with Crippen LogP contribution in [0.4, 0.5) is 18.0 Å². The summed E-state index contributed by atoms with van der Waals surface area (Å²) < 4.78 is 33.3. The van der Waals surface area contributed by atoms with Crippen LogP contribution in [0.2, 0.25) is 0 Å². The maximum atomic E-state index is 13.8. The summed E-state index contributed by atoms with van der Waals surface area (Å²) in [6.07, 6.45) is -2.75. The fraction of sp³-hybridized carbons (Fsp3) is 0.265. The molecule has 0 aliphatic carbocycles. The largest absolute Gasteiger partial charge is 0.508 e. The molecular weight excluding hydrogens is 687 g/mol. The number of hydrogen-bond acceptors (Lipinski definition) is 8. The standard InChI is InChI=1S/C32H37N9O4.C2HF3O2/c1-41-21-25(39-40-41)20-36-32(45)38-31(33)34-18-8-13-27(29(43)35-19-22-14-16-26(42)17-15-22)37-30(44)28(23-9-4-2-5-10-23)24-11-6-3-7-12-24;3-2(4,5)1(6)7/h2-7,9-12,14-17,21,27-28,42H,8,13,18-20H2,1H3,(H,35,43)(H,37,44)(H4,33,34,36,38,45);(H,6,7)/t27-;/m1./s1. The molecule has 8 N–H and O–H groups in total. The van der Waals surface area contributed by atoms with Crippen molar-refractivity contribution in [1.82, 2.24) is 36.3 Å². The van der Waals surface area contributed by atoms with Crippen molar-refractivity contribution in [2.24, 2.45) is 17.8 Å². The third-order valence-electron chi connectivity index (χ3n) is 7.06. The number of phenols is 1. The van der Waals surface area contributed by atoms with Gasteiger partial charge in [0.2, 0.25) is 11.8 Å². The quantitative estimate of drug-likeness (QED) is 0.0610. The zero-order valence-corrected chi connectivity index (χ0v) is 27.9. The minimum absolute atomic E-state index is 0.0859. The van der Waals surface area contributed by atoms with Crippen molar-refractivity contribution in [1.29, 1.82) is 0 Å². The van der Waals surface area contributed by atoms with Crippen molar-refractivity contribution in [3.63, 3.8) is 0 Å². The second-order valence-electron chi connectivity index (χ2n) is 11.1. The van der Waals surface area contributed by atoms with E-state index in [1.54, 1.807) is 25.4 Å². The van der Waals surface area contributed by atoms with Crippen LogP contribution in [-0.4, -0.2) is 73.7 Å². The number of aromatic hydroxyl groups is 1. The average molecular weight is 726 g/mol. The van der Waals surface area contributed by atoms with Gasteiger partial charge in [-0.2, -0.15) is 13.2 Å². The molecular formula is C34H38F3N9O6. The summed E-state index contributed by atoms with van der Waals surface area (Å²) in [7, 11) is 1.72. The molecule has 0 aliphatic heterocycles. The number of carbonyl (C=O) groups excluding carboxylic acids is 3. The van der Waals surface area contributed by atoms with Crippen LogP contribution >= 0.6 is 0 Å². The number of aliphatic imine (C=N–C) groups is 1. The second-order valence-corrected chi connectivity index (χ2v) is 11.1. The SMILES string of the molecule is Cn1cc(CNC(=O)NC(N)=NCCC[C@@H](NC(=O)C(c2ccccc2)c2ccccc2)C(=O)NCc2ccc(O)cc2)nn1.O=C(O)C(F)(F)F. The molecule has 0 saturated heterocycles. The van der Waals surface area contributed by atoms with Crippen molar-refractivity contribution in [3.05, 3.63) is 114 Å². The summed E-state index contributed by atoms with van der Waals surface area (Å²) in [5.41, 5.74) is 8.84. The molecule has 52 heavy (non-hydrogen) atoms. The van der Waals surface area contributed by atoms with Gasteiger partial charge in [-0.25, -0.2) is 9.59 Å². The number of aromatic nitrogens is 3. The lowest BCUT2D eigenvalue weighted by Gasteiger charge is -2.23. The number of carbonyl (C=O) groups is 4. The smallest absolute Gasteiger partial charge is 0.490 e. The summed E-state index contributed by atoms with van der Waals surface area (Å²) in [4.78, 5) is 52.4. The number of aliphatic carboxylic acids is 1. The van der Waals surface area contributed by atoms with Gasteiger partial charge < -0.3 is 31.9 Å². The Kier molecular flexibility index (Phi) is 15.1. The molecule has 4 rings (SSSR count). The summed E-state index contributed by atoms with van der Waals surface area (Å²) >= 11 is 0. The van der Waals surface area contributed by atoms with Gasteiger partial charge in [-0.05, 0) is 41.7 Å². The van der Waals surface area contributed by atoms with Crippen molar-refractivity contribution < 1.29 is 42.6 Å². The van der Waals surface area contributed by atoms with Gasteiger partial charge in [-0.15, -0.1) is 5.10 Å². The van der Waals surface area contributed by atoms with E-state index in [2.05, 4.69) is 36.6 Å². The Balaban J connectivity index is 0.000000944. The normalized spacial score (nSPS) is 11.8. The maximum Gasteiger partial charge on any atom is 0.490 e. The van der Waals surface area contributed by atoms with E-state index in [-0.39, 0.29) is 49.6 Å². The zero-order chi connectivity index (χ0) is 38.1. The number of hydrogen-bond donors (Lipinski definition) is 7. The minimum Gasteiger partial charge on any atom is -0.508 e. The Labute approximate surface area is 296 Å². The van der Waals surface area contributed by atoms with Crippen LogP contribution in [0.1, 0.15) is 41.1 Å². The Morgan fingerprint density at radius 3 is 1.98 bits per heavy atom. The fourth-order valence-corrected chi connectivity index (χ4v) is 4.58. The number of phenolic OH excluding ortho intramolecular Hbond substituents is 1. The molecule has 0 unspecified atom stereocenters. The molecule has 1 heterocycles. The molecule has 0 spiro atoms. The number of carboxylic acids is 1.